The number of para-hydroxylation sites is 2. The van der Waals surface area contributed by atoms with Gasteiger partial charge in [0.1, 0.15) is 36.6 Å². The van der Waals surface area contributed by atoms with Crippen LogP contribution in [0, 0.1) is 20.8 Å². The number of imidazole rings is 1. The zero-order valence-corrected chi connectivity index (χ0v) is 18.2. The quantitative estimate of drug-likeness (QED) is 0.440. The lowest BCUT2D eigenvalue weighted by molar-refractivity contribution is 0.0914. The highest BCUT2D eigenvalue weighted by molar-refractivity contribution is 5.75. The number of hydrogen-bond acceptors (Lipinski definition) is 4. The molecule has 1 aromatic heterocycles. The maximum absolute atomic E-state index is 10.7. The van der Waals surface area contributed by atoms with E-state index in [-0.39, 0.29) is 6.61 Å². The summed E-state index contributed by atoms with van der Waals surface area (Å²) in [7, 11) is 0. The second-order valence-electron chi connectivity index (χ2n) is 7.90. The van der Waals surface area contributed by atoms with Gasteiger partial charge >= 0.3 is 0 Å². The van der Waals surface area contributed by atoms with Crippen molar-refractivity contribution in [3.8, 4) is 11.5 Å². The molecule has 1 atom stereocenters. The highest BCUT2D eigenvalue weighted by atomic mass is 16.5. The molecule has 0 unspecified atom stereocenters. The van der Waals surface area contributed by atoms with Gasteiger partial charge in [-0.05, 0) is 67.8 Å². The molecule has 0 radical (unpaired) electrons. The average Bonchev–Trinajstić information content (AvgIpc) is 3.11. The van der Waals surface area contributed by atoms with Gasteiger partial charge < -0.3 is 19.1 Å². The SMILES string of the molecule is Cc1cccc(OCc2nc3ccccc3n2C[C@H](O)COc2cccc(C)c2C)c1. The van der Waals surface area contributed by atoms with Gasteiger partial charge in [0.05, 0.1) is 17.6 Å². The smallest absolute Gasteiger partial charge is 0.148 e. The Kier molecular flexibility index (Phi) is 6.23. The van der Waals surface area contributed by atoms with Crippen LogP contribution in [-0.2, 0) is 13.2 Å². The molecule has 0 spiro atoms. The summed E-state index contributed by atoms with van der Waals surface area (Å²) in [5.41, 5.74) is 5.26. The molecule has 0 fully saturated rings. The van der Waals surface area contributed by atoms with Crippen LogP contribution in [-0.4, -0.2) is 27.4 Å². The van der Waals surface area contributed by atoms with Crippen LogP contribution < -0.4 is 9.47 Å². The third kappa shape index (κ3) is 4.89. The molecule has 0 aliphatic rings. The van der Waals surface area contributed by atoms with Gasteiger partial charge in [0.15, 0.2) is 0 Å². The van der Waals surface area contributed by atoms with E-state index in [1.54, 1.807) is 0 Å². The Balaban J connectivity index is 1.50. The number of aliphatic hydroxyl groups excluding tert-OH is 1. The van der Waals surface area contributed by atoms with E-state index in [2.05, 4.69) is 13.0 Å². The van der Waals surface area contributed by atoms with Crippen molar-refractivity contribution in [3.63, 3.8) is 0 Å². The number of aryl methyl sites for hydroxylation is 2. The lowest BCUT2D eigenvalue weighted by Crippen LogP contribution is -2.25. The number of benzene rings is 3. The second-order valence-corrected chi connectivity index (χ2v) is 7.90. The van der Waals surface area contributed by atoms with Crippen LogP contribution >= 0.6 is 0 Å². The van der Waals surface area contributed by atoms with Crippen molar-refractivity contribution in [2.75, 3.05) is 6.61 Å². The van der Waals surface area contributed by atoms with E-state index in [1.165, 1.54) is 5.56 Å². The number of fused-ring (bicyclic) bond motifs is 1. The molecule has 1 N–H and O–H groups in total. The summed E-state index contributed by atoms with van der Waals surface area (Å²) in [6.45, 7) is 7.02. The molecule has 4 rings (SSSR count). The molecule has 3 aromatic carbocycles. The summed E-state index contributed by atoms with van der Waals surface area (Å²) in [6, 6.07) is 21.8. The minimum absolute atomic E-state index is 0.203. The summed E-state index contributed by atoms with van der Waals surface area (Å²) in [5.74, 6) is 2.38. The highest BCUT2D eigenvalue weighted by Gasteiger charge is 2.16. The van der Waals surface area contributed by atoms with Crippen molar-refractivity contribution in [2.45, 2.75) is 40.0 Å². The first-order valence-electron chi connectivity index (χ1n) is 10.5. The van der Waals surface area contributed by atoms with Gasteiger partial charge in [-0.2, -0.15) is 0 Å². The second kappa shape index (κ2) is 9.23. The van der Waals surface area contributed by atoms with Crippen molar-refractivity contribution in [3.05, 3.63) is 89.2 Å². The van der Waals surface area contributed by atoms with Gasteiger partial charge in [-0.3, -0.25) is 0 Å². The van der Waals surface area contributed by atoms with E-state index in [9.17, 15) is 5.11 Å². The maximum atomic E-state index is 10.7. The summed E-state index contributed by atoms with van der Waals surface area (Å²) in [6.07, 6.45) is -0.685. The molecule has 0 bridgehead atoms. The fourth-order valence-electron chi connectivity index (χ4n) is 3.62. The number of rotatable bonds is 8. The van der Waals surface area contributed by atoms with Gasteiger partial charge in [0.2, 0.25) is 0 Å². The topological polar surface area (TPSA) is 56.5 Å². The van der Waals surface area contributed by atoms with E-state index in [0.29, 0.717) is 13.2 Å². The number of hydrogen-bond donors (Lipinski definition) is 1. The van der Waals surface area contributed by atoms with Gasteiger partial charge in [0, 0.05) is 0 Å². The molecule has 0 amide bonds. The number of aliphatic hydroxyl groups is 1. The van der Waals surface area contributed by atoms with Gasteiger partial charge in [0.25, 0.3) is 0 Å². The Labute approximate surface area is 182 Å². The number of nitrogens with zero attached hydrogens (tertiary/aromatic N) is 2. The van der Waals surface area contributed by atoms with Gasteiger partial charge in [-0.15, -0.1) is 0 Å². The predicted octanol–water partition coefficient (Wildman–Crippen LogP) is 4.98. The maximum Gasteiger partial charge on any atom is 0.148 e. The van der Waals surface area contributed by atoms with Crippen LogP contribution in [0.1, 0.15) is 22.5 Å². The molecule has 1 heterocycles. The van der Waals surface area contributed by atoms with E-state index in [1.807, 2.05) is 79.1 Å². The van der Waals surface area contributed by atoms with E-state index in [0.717, 1.165) is 39.5 Å². The van der Waals surface area contributed by atoms with E-state index < -0.39 is 6.10 Å². The Morgan fingerprint density at radius 3 is 2.58 bits per heavy atom. The monoisotopic (exact) mass is 416 g/mol. The summed E-state index contributed by atoms with van der Waals surface area (Å²) in [4.78, 5) is 4.73. The first-order chi connectivity index (χ1) is 15.0. The summed E-state index contributed by atoms with van der Waals surface area (Å²) in [5, 5.41) is 10.7. The fourth-order valence-corrected chi connectivity index (χ4v) is 3.62. The van der Waals surface area contributed by atoms with Crippen LogP contribution in [0.5, 0.6) is 11.5 Å². The van der Waals surface area contributed by atoms with E-state index >= 15 is 0 Å². The first kappa shape index (κ1) is 20.9. The Bertz CT molecular complexity index is 1180. The molecule has 4 aromatic rings. The average molecular weight is 417 g/mol. The van der Waals surface area contributed by atoms with Gasteiger partial charge in [-0.25, -0.2) is 4.98 Å². The Morgan fingerprint density at radius 1 is 0.935 bits per heavy atom. The fraction of sp³-hybridized carbons (Fsp3) is 0.269. The summed E-state index contributed by atoms with van der Waals surface area (Å²) < 4.78 is 13.9. The molecule has 160 valence electrons. The molecule has 0 saturated heterocycles. The van der Waals surface area contributed by atoms with Gasteiger partial charge in [-0.1, -0.05) is 36.4 Å². The molecule has 0 aliphatic heterocycles. The largest absolute Gasteiger partial charge is 0.491 e. The molecule has 5 nitrogen and oxygen atoms in total. The molecular formula is C26H28N2O3. The van der Waals surface area contributed by atoms with E-state index in [4.69, 9.17) is 14.5 Å². The third-order valence-corrected chi connectivity index (χ3v) is 5.47. The summed E-state index contributed by atoms with van der Waals surface area (Å²) >= 11 is 0. The normalized spacial score (nSPS) is 12.1. The van der Waals surface area contributed by atoms with Crippen molar-refractivity contribution in [2.24, 2.45) is 0 Å². The molecule has 31 heavy (non-hydrogen) atoms. The van der Waals surface area contributed by atoms with Crippen LogP contribution in [0.25, 0.3) is 11.0 Å². The molecule has 5 heteroatoms. The predicted molar refractivity (Wildman–Crippen MR) is 123 cm³/mol. The van der Waals surface area contributed by atoms with Crippen molar-refractivity contribution >= 4 is 11.0 Å². The first-order valence-corrected chi connectivity index (χ1v) is 10.5. The highest BCUT2D eigenvalue weighted by Crippen LogP contribution is 2.22. The van der Waals surface area contributed by atoms with Crippen LogP contribution in [0.2, 0.25) is 0 Å². The Morgan fingerprint density at radius 2 is 1.74 bits per heavy atom. The zero-order chi connectivity index (χ0) is 21.8. The van der Waals surface area contributed by atoms with Crippen molar-refractivity contribution in [1.82, 2.24) is 9.55 Å². The minimum Gasteiger partial charge on any atom is -0.491 e. The van der Waals surface area contributed by atoms with Crippen molar-refractivity contribution in [1.29, 1.82) is 0 Å². The third-order valence-electron chi connectivity index (χ3n) is 5.47. The number of aromatic nitrogens is 2. The Hall–Kier alpha value is -3.31. The van der Waals surface area contributed by atoms with Crippen LogP contribution in [0.15, 0.2) is 66.7 Å². The number of ether oxygens (including phenoxy) is 2. The lowest BCUT2D eigenvalue weighted by atomic mass is 10.1. The molecular weight excluding hydrogens is 388 g/mol. The lowest BCUT2D eigenvalue weighted by Gasteiger charge is -2.17. The standard InChI is InChI=1S/C26H28N2O3/c1-18-8-6-10-22(14-18)30-17-26-27-23-11-4-5-12-24(23)28(26)15-21(29)16-31-25-13-7-9-19(2)20(25)3/h4-14,21,29H,15-17H2,1-3H3/t21-/m0/s1. The van der Waals surface area contributed by atoms with Crippen LogP contribution in [0.4, 0.5) is 0 Å². The zero-order valence-electron chi connectivity index (χ0n) is 18.2. The molecule has 0 saturated carbocycles. The molecule has 0 aliphatic carbocycles. The van der Waals surface area contributed by atoms with Crippen molar-refractivity contribution < 1.29 is 14.6 Å². The van der Waals surface area contributed by atoms with Crippen LogP contribution in [0.3, 0.4) is 0 Å². The minimum atomic E-state index is -0.685.